The number of benzene rings is 1. The molecule has 0 radical (unpaired) electrons. The Labute approximate surface area is 84.7 Å². The van der Waals surface area contributed by atoms with Gasteiger partial charge in [0.05, 0.1) is 4.92 Å². The summed E-state index contributed by atoms with van der Waals surface area (Å²) >= 11 is 0. The molecule has 0 amide bonds. The third-order valence-electron chi connectivity index (χ3n) is 1.57. The van der Waals surface area contributed by atoms with Crippen LogP contribution in [0.2, 0.25) is 0 Å². The number of nitrogens with two attached hydrogens (primary N) is 1. The summed E-state index contributed by atoms with van der Waals surface area (Å²) in [5.41, 5.74) is -0.441. The molecule has 8 heteroatoms. The summed E-state index contributed by atoms with van der Waals surface area (Å²) < 4.78 is 21.3. The van der Waals surface area contributed by atoms with Gasteiger partial charge in [-0.1, -0.05) is 0 Å². The Balaban J connectivity index is 3.11. The van der Waals surface area contributed by atoms with Crippen LogP contribution in [0.3, 0.4) is 0 Å². The number of non-ortho nitro benzene ring substituents is 1. The molecule has 80 valence electrons. The number of primary sulfonamides is 1. The van der Waals surface area contributed by atoms with Crippen molar-refractivity contribution in [2.45, 2.75) is 0 Å². The fourth-order valence-corrected chi connectivity index (χ4v) is 1.35. The highest BCUT2D eigenvalue weighted by Crippen LogP contribution is 2.13. The SMILES string of the molecule is NS(=O)(=O)C(=O)c1ccc([N+](=O)[O-])cc1. The van der Waals surface area contributed by atoms with Gasteiger partial charge in [0.1, 0.15) is 0 Å². The van der Waals surface area contributed by atoms with Crippen LogP contribution in [0.25, 0.3) is 0 Å². The summed E-state index contributed by atoms with van der Waals surface area (Å²) in [7, 11) is -4.30. The van der Waals surface area contributed by atoms with Crippen LogP contribution in [0.5, 0.6) is 0 Å². The van der Waals surface area contributed by atoms with Crippen LogP contribution in [0.1, 0.15) is 10.4 Å². The maximum atomic E-state index is 11.1. The second-order valence-corrected chi connectivity index (χ2v) is 4.10. The van der Waals surface area contributed by atoms with E-state index in [1.165, 1.54) is 0 Å². The van der Waals surface area contributed by atoms with Gasteiger partial charge < -0.3 is 0 Å². The van der Waals surface area contributed by atoms with Crippen LogP contribution in [-0.4, -0.2) is 18.5 Å². The van der Waals surface area contributed by atoms with E-state index in [-0.39, 0.29) is 11.3 Å². The van der Waals surface area contributed by atoms with Gasteiger partial charge in [0.2, 0.25) is 0 Å². The molecule has 0 aliphatic rings. The molecule has 0 heterocycles. The van der Waals surface area contributed by atoms with Gasteiger partial charge in [-0.2, -0.15) is 0 Å². The average molecular weight is 230 g/mol. The van der Waals surface area contributed by atoms with Crippen molar-refractivity contribution in [1.82, 2.24) is 0 Å². The first-order chi connectivity index (χ1) is 6.82. The monoisotopic (exact) mass is 230 g/mol. The zero-order chi connectivity index (χ0) is 11.6. The van der Waals surface area contributed by atoms with Crippen molar-refractivity contribution in [2.24, 2.45) is 5.14 Å². The Bertz CT molecular complexity index is 505. The molecular weight excluding hydrogens is 224 g/mol. The summed E-state index contributed by atoms with van der Waals surface area (Å²) in [5.74, 6) is 0. The van der Waals surface area contributed by atoms with E-state index in [4.69, 9.17) is 0 Å². The van der Waals surface area contributed by atoms with E-state index in [0.717, 1.165) is 24.3 Å². The van der Waals surface area contributed by atoms with Crippen LogP contribution in [0, 0.1) is 10.1 Å². The van der Waals surface area contributed by atoms with E-state index in [9.17, 15) is 23.3 Å². The number of rotatable bonds is 2. The minimum atomic E-state index is -4.30. The largest absolute Gasteiger partial charge is 0.291 e. The second kappa shape index (κ2) is 3.75. The lowest BCUT2D eigenvalue weighted by Crippen LogP contribution is -2.23. The predicted octanol–water partition coefficient (Wildman–Crippen LogP) is 0.0235. The average Bonchev–Trinajstić information content (AvgIpc) is 2.15. The molecule has 0 fully saturated rings. The van der Waals surface area contributed by atoms with E-state index in [0.29, 0.717) is 0 Å². The van der Waals surface area contributed by atoms with Gasteiger partial charge in [-0.3, -0.25) is 14.9 Å². The summed E-state index contributed by atoms with van der Waals surface area (Å²) in [4.78, 5) is 20.7. The van der Waals surface area contributed by atoms with E-state index in [2.05, 4.69) is 5.14 Å². The lowest BCUT2D eigenvalue weighted by Gasteiger charge is -1.97. The molecule has 0 aliphatic carbocycles. The zero-order valence-corrected chi connectivity index (χ0v) is 8.10. The van der Waals surface area contributed by atoms with Crippen LogP contribution in [0.15, 0.2) is 24.3 Å². The number of hydrogen-bond acceptors (Lipinski definition) is 5. The first-order valence-electron chi connectivity index (χ1n) is 3.64. The third-order valence-corrected chi connectivity index (χ3v) is 2.32. The van der Waals surface area contributed by atoms with Crippen molar-refractivity contribution in [3.05, 3.63) is 39.9 Å². The number of carbonyl (C=O) groups excluding carboxylic acids is 1. The standard InChI is InChI=1S/C7H6N2O5S/c8-15(13,14)7(10)5-1-3-6(4-2-5)9(11)12/h1-4H,(H2,8,13,14). The Morgan fingerprint density at radius 2 is 1.73 bits per heavy atom. The molecule has 7 nitrogen and oxygen atoms in total. The Hall–Kier alpha value is -1.80. The molecule has 0 bridgehead atoms. The minimum absolute atomic E-state index is 0.205. The summed E-state index contributed by atoms with van der Waals surface area (Å²) in [5, 5.41) is 13.6. The molecule has 0 spiro atoms. The Morgan fingerprint density at radius 1 is 1.27 bits per heavy atom. The first kappa shape index (κ1) is 11.3. The van der Waals surface area contributed by atoms with Crippen molar-refractivity contribution in [3.63, 3.8) is 0 Å². The fraction of sp³-hybridized carbons (Fsp3) is 0. The molecule has 0 aliphatic heterocycles. The number of nitro groups is 1. The summed E-state index contributed by atoms with van der Waals surface area (Å²) in [6.07, 6.45) is 0. The van der Waals surface area contributed by atoms with Crippen LogP contribution >= 0.6 is 0 Å². The van der Waals surface area contributed by atoms with Gasteiger partial charge in [0.15, 0.2) is 0 Å². The maximum absolute atomic E-state index is 11.1. The highest BCUT2D eigenvalue weighted by atomic mass is 32.2. The van der Waals surface area contributed by atoms with Gasteiger partial charge in [-0.05, 0) is 12.1 Å². The molecule has 0 atom stereocenters. The highest BCUT2D eigenvalue weighted by Gasteiger charge is 2.19. The molecule has 1 rings (SSSR count). The van der Waals surface area contributed by atoms with E-state index in [1.807, 2.05) is 0 Å². The zero-order valence-electron chi connectivity index (χ0n) is 7.28. The maximum Gasteiger partial charge on any atom is 0.291 e. The van der Waals surface area contributed by atoms with Gasteiger partial charge in [0.25, 0.3) is 20.8 Å². The highest BCUT2D eigenvalue weighted by molar-refractivity contribution is 8.04. The number of nitro benzene ring substituents is 1. The molecule has 1 aromatic carbocycles. The second-order valence-electron chi connectivity index (χ2n) is 2.64. The predicted molar refractivity (Wildman–Crippen MR) is 50.5 cm³/mol. The summed E-state index contributed by atoms with van der Waals surface area (Å²) in [6.45, 7) is 0. The van der Waals surface area contributed by atoms with Crippen molar-refractivity contribution in [1.29, 1.82) is 0 Å². The van der Waals surface area contributed by atoms with Crippen LogP contribution in [0.4, 0.5) is 5.69 Å². The summed E-state index contributed by atoms with van der Waals surface area (Å²) in [6, 6.07) is 4.12. The number of hydrogen-bond donors (Lipinski definition) is 1. The Morgan fingerprint density at radius 3 is 2.07 bits per heavy atom. The van der Waals surface area contributed by atoms with Crippen molar-refractivity contribution in [3.8, 4) is 0 Å². The van der Waals surface area contributed by atoms with Crippen molar-refractivity contribution < 1.29 is 18.1 Å². The third kappa shape index (κ3) is 2.58. The lowest BCUT2D eigenvalue weighted by atomic mass is 10.2. The first-order valence-corrected chi connectivity index (χ1v) is 5.18. The fourth-order valence-electron chi connectivity index (χ4n) is 0.883. The number of sulfonamides is 1. The van der Waals surface area contributed by atoms with Crippen LogP contribution < -0.4 is 5.14 Å². The minimum Gasteiger partial charge on any atom is -0.274 e. The Kier molecular flexibility index (Phi) is 2.82. The van der Waals surface area contributed by atoms with Gasteiger partial charge >= 0.3 is 0 Å². The van der Waals surface area contributed by atoms with Crippen LogP contribution in [-0.2, 0) is 10.0 Å². The molecule has 15 heavy (non-hydrogen) atoms. The van der Waals surface area contributed by atoms with Gasteiger partial charge in [0, 0.05) is 17.7 Å². The molecule has 0 aromatic heterocycles. The van der Waals surface area contributed by atoms with Gasteiger partial charge in [-0.15, -0.1) is 0 Å². The van der Waals surface area contributed by atoms with E-state index < -0.39 is 20.1 Å². The van der Waals surface area contributed by atoms with Crippen molar-refractivity contribution in [2.75, 3.05) is 0 Å². The molecule has 1 aromatic rings. The molecule has 0 unspecified atom stereocenters. The smallest absolute Gasteiger partial charge is 0.274 e. The van der Waals surface area contributed by atoms with E-state index >= 15 is 0 Å². The normalized spacial score (nSPS) is 11.0. The lowest BCUT2D eigenvalue weighted by molar-refractivity contribution is -0.384. The van der Waals surface area contributed by atoms with Crippen molar-refractivity contribution >= 4 is 20.8 Å². The topological polar surface area (TPSA) is 120 Å². The molecule has 0 saturated heterocycles. The molecule has 2 N–H and O–H groups in total. The van der Waals surface area contributed by atoms with Gasteiger partial charge in [-0.25, -0.2) is 13.6 Å². The molecule has 0 saturated carbocycles. The number of carbonyl (C=O) groups is 1. The molecular formula is C7H6N2O5S. The quantitative estimate of drug-likeness (QED) is 0.567. The van der Waals surface area contributed by atoms with E-state index in [1.54, 1.807) is 0 Å². The number of nitrogens with zero attached hydrogens (tertiary/aromatic N) is 1.